The summed E-state index contributed by atoms with van der Waals surface area (Å²) >= 11 is 0. The van der Waals surface area contributed by atoms with Gasteiger partial charge in [0.1, 0.15) is 0 Å². The molecule has 1 atom stereocenters. The molecule has 7 nitrogen and oxygen atoms in total. The Kier molecular flexibility index (Phi) is 5.88. The van der Waals surface area contributed by atoms with E-state index in [2.05, 4.69) is 32.3 Å². The summed E-state index contributed by atoms with van der Waals surface area (Å²) in [5.41, 5.74) is 12.2. The first-order valence-electron chi connectivity index (χ1n) is 10.3. The van der Waals surface area contributed by atoms with Crippen LogP contribution in [0.2, 0.25) is 0 Å². The summed E-state index contributed by atoms with van der Waals surface area (Å²) < 4.78 is 1.86. The molecule has 7 heteroatoms. The van der Waals surface area contributed by atoms with Crippen LogP contribution in [0.25, 0.3) is 21.5 Å². The predicted octanol–water partition coefficient (Wildman–Crippen LogP) is 4.47. The number of aromatic nitrogens is 2. The molecule has 160 valence electrons. The van der Waals surface area contributed by atoms with Crippen LogP contribution in [0, 0.1) is 6.57 Å². The number of amides is 1. The van der Waals surface area contributed by atoms with E-state index in [1.807, 2.05) is 72.5 Å². The van der Waals surface area contributed by atoms with E-state index in [4.69, 9.17) is 12.3 Å². The van der Waals surface area contributed by atoms with E-state index < -0.39 is 6.04 Å². The van der Waals surface area contributed by atoms with Crippen molar-refractivity contribution in [2.24, 2.45) is 5.73 Å². The van der Waals surface area contributed by atoms with Gasteiger partial charge in [-0.1, -0.05) is 24.3 Å². The number of nitrogens with zero attached hydrogens (tertiary/aromatic N) is 4. The lowest BCUT2D eigenvalue weighted by Crippen LogP contribution is -2.32. The zero-order chi connectivity index (χ0) is 22.7. The van der Waals surface area contributed by atoms with Crippen LogP contribution in [0.4, 0.5) is 17.1 Å². The van der Waals surface area contributed by atoms with Gasteiger partial charge in [-0.2, -0.15) is 5.10 Å². The number of nitrogens with two attached hydrogens (primary N) is 1. The van der Waals surface area contributed by atoms with Gasteiger partial charge in [0, 0.05) is 36.7 Å². The number of benzene rings is 2. The van der Waals surface area contributed by atoms with Gasteiger partial charge >= 0.3 is 0 Å². The Labute approximate surface area is 186 Å². The number of hydrogen-bond acceptors (Lipinski definition) is 4. The molecule has 3 N–H and O–H groups in total. The Morgan fingerprint density at radius 1 is 1.19 bits per heavy atom. The lowest BCUT2D eigenvalue weighted by Gasteiger charge is -2.19. The van der Waals surface area contributed by atoms with Gasteiger partial charge < -0.3 is 16.0 Å². The van der Waals surface area contributed by atoms with Gasteiger partial charge in [0.05, 0.1) is 24.3 Å². The lowest BCUT2D eigenvalue weighted by atomic mass is 10.1. The molecule has 0 unspecified atom stereocenters. The molecule has 0 fully saturated rings. The molecule has 0 radical (unpaired) electrons. The molecule has 2 heterocycles. The summed E-state index contributed by atoms with van der Waals surface area (Å²) in [6.07, 6.45) is 3.81. The van der Waals surface area contributed by atoms with Crippen LogP contribution in [0.5, 0.6) is 0 Å². The molecule has 4 rings (SSSR count). The monoisotopic (exact) mass is 424 g/mol. The second-order valence-electron chi connectivity index (χ2n) is 7.76. The van der Waals surface area contributed by atoms with Crippen molar-refractivity contribution in [2.75, 3.05) is 17.3 Å². The second-order valence-corrected chi connectivity index (χ2v) is 7.76. The molecule has 32 heavy (non-hydrogen) atoms. The first-order chi connectivity index (χ1) is 15.4. The van der Waals surface area contributed by atoms with Crippen LogP contribution in [0.1, 0.15) is 12.5 Å². The average Bonchev–Trinajstić information content (AvgIpc) is 3.23. The van der Waals surface area contributed by atoms with Crippen molar-refractivity contribution in [3.63, 3.8) is 0 Å². The topological polar surface area (TPSA) is 80.0 Å². The second kappa shape index (κ2) is 8.92. The molecule has 0 aliphatic rings. The molecule has 1 amide bonds. The lowest BCUT2D eigenvalue weighted by molar-refractivity contribution is -0.117. The highest BCUT2D eigenvalue weighted by atomic mass is 16.2. The minimum absolute atomic E-state index is 0.216. The van der Waals surface area contributed by atoms with E-state index in [9.17, 15) is 4.79 Å². The third-order valence-corrected chi connectivity index (χ3v) is 5.30. The molecular formula is C25H24N6O. The predicted molar refractivity (Wildman–Crippen MR) is 128 cm³/mol. The Bertz CT molecular complexity index is 1280. The summed E-state index contributed by atoms with van der Waals surface area (Å²) in [7, 11) is 2.03. The van der Waals surface area contributed by atoms with E-state index >= 15 is 0 Å². The number of carbonyl (C=O) groups is 1. The maximum Gasteiger partial charge on any atom is 0.240 e. The molecule has 0 saturated carbocycles. The Hall–Kier alpha value is -4.15. The highest BCUT2D eigenvalue weighted by Crippen LogP contribution is 2.27. The SMILES string of the molecule is [C-]#[N+]c1ccc(N(C)Cc2ccn3ncc(-c4ccc(NC(=O)[C@H](C)N)cc4)c3c2)cc1. The number of hydrogen-bond donors (Lipinski definition) is 2. The highest BCUT2D eigenvalue weighted by molar-refractivity contribution is 5.94. The molecule has 0 spiro atoms. The summed E-state index contributed by atoms with van der Waals surface area (Å²) in [6.45, 7) is 9.47. The number of rotatable bonds is 6. The number of fused-ring (bicyclic) bond motifs is 1. The third-order valence-electron chi connectivity index (χ3n) is 5.30. The van der Waals surface area contributed by atoms with Gasteiger partial charge in [-0.05, 0) is 54.4 Å². The number of pyridine rings is 1. The molecule has 0 aliphatic heterocycles. The summed E-state index contributed by atoms with van der Waals surface area (Å²) in [5, 5.41) is 7.27. The largest absolute Gasteiger partial charge is 0.370 e. The van der Waals surface area contributed by atoms with Crippen molar-refractivity contribution in [1.82, 2.24) is 9.61 Å². The summed E-state index contributed by atoms with van der Waals surface area (Å²) in [5.74, 6) is -0.216. The van der Waals surface area contributed by atoms with Crippen molar-refractivity contribution < 1.29 is 4.79 Å². The fourth-order valence-corrected chi connectivity index (χ4v) is 3.48. The first-order valence-corrected chi connectivity index (χ1v) is 10.3. The zero-order valence-electron chi connectivity index (χ0n) is 18.0. The minimum Gasteiger partial charge on any atom is -0.370 e. The third kappa shape index (κ3) is 4.46. The van der Waals surface area contributed by atoms with Crippen molar-refractivity contribution in [1.29, 1.82) is 0 Å². The quantitative estimate of drug-likeness (QED) is 0.448. The van der Waals surface area contributed by atoms with Crippen LogP contribution < -0.4 is 16.0 Å². The summed E-state index contributed by atoms with van der Waals surface area (Å²) in [6, 6.07) is 18.9. The smallest absolute Gasteiger partial charge is 0.240 e. The normalized spacial score (nSPS) is 11.7. The minimum atomic E-state index is -0.559. The fraction of sp³-hybridized carbons (Fsp3) is 0.160. The number of carbonyl (C=O) groups excluding carboxylic acids is 1. The Balaban J connectivity index is 1.56. The van der Waals surface area contributed by atoms with Gasteiger partial charge in [0.25, 0.3) is 0 Å². The zero-order valence-corrected chi connectivity index (χ0v) is 18.0. The fourth-order valence-electron chi connectivity index (χ4n) is 3.48. The molecule has 2 aromatic heterocycles. The van der Waals surface area contributed by atoms with E-state index in [-0.39, 0.29) is 5.91 Å². The number of anilines is 2. The van der Waals surface area contributed by atoms with Crippen LogP contribution >= 0.6 is 0 Å². The van der Waals surface area contributed by atoms with Gasteiger partial charge in [0.2, 0.25) is 5.91 Å². The van der Waals surface area contributed by atoms with E-state index in [1.165, 1.54) is 0 Å². The van der Waals surface area contributed by atoms with Gasteiger partial charge in [-0.3, -0.25) is 4.79 Å². The molecule has 0 saturated heterocycles. The van der Waals surface area contributed by atoms with E-state index in [1.54, 1.807) is 6.92 Å². The summed E-state index contributed by atoms with van der Waals surface area (Å²) in [4.78, 5) is 17.4. The van der Waals surface area contributed by atoms with Crippen molar-refractivity contribution in [3.8, 4) is 11.1 Å². The van der Waals surface area contributed by atoms with Crippen LogP contribution in [-0.2, 0) is 11.3 Å². The van der Waals surface area contributed by atoms with E-state index in [0.29, 0.717) is 11.4 Å². The van der Waals surface area contributed by atoms with Crippen LogP contribution in [-0.4, -0.2) is 28.6 Å². The molecule has 0 bridgehead atoms. The van der Waals surface area contributed by atoms with Crippen molar-refractivity contribution in [3.05, 3.63) is 90.0 Å². The van der Waals surface area contributed by atoms with Crippen LogP contribution in [0.3, 0.4) is 0 Å². The Morgan fingerprint density at radius 2 is 1.91 bits per heavy atom. The first kappa shape index (κ1) is 21.1. The molecule has 2 aromatic carbocycles. The molecular weight excluding hydrogens is 400 g/mol. The van der Waals surface area contributed by atoms with Gasteiger partial charge in [-0.15, -0.1) is 0 Å². The van der Waals surface area contributed by atoms with Gasteiger partial charge in [0.15, 0.2) is 5.69 Å². The highest BCUT2D eigenvalue weighted by Gasteiger charge is 2.11. The maximum atomic E-state index is 11.8. The standard InChI is InChI=1S/C25H24N6O/c1-17(26)25(32)29-21-6-4-19(5-7-21)23-15-28-31-13-12-18(14-24(23)31)16-30(3)22-10-8-20(27-2)9-11-22/h4-15,17H,16,26H2,1,3H3,(H,29,32)/t17-/m0/s1. The molecule has 0 aliphatic carbocycles. The van der Waals surface area contributed by atoms with Crippen LogP contribution in [0.15, 0.2) is 73.1 Å². The number of nitrogens with one attached hydrogen (secondary N) is 1. The van der Waals surface area contributed by atoms with E-state index in [0.717, 1.165) is 34.4 Å². The average molecular weight is 425 g/mol. The van der Waals surface area contributed by atoms with Gasteiger partial charge in [-0.25, -0.2) is 9.36 Å². The van der Waals surface area contributed by atoms with Crippen molar-refractivity contribution in [2.45, 2.75) is 19.5 Å². The molecule has 4 aromatic rings. The maximum absolute atomic E-state index is 11.8. The van der Waals surface area contributed by atoms with Crippen molar-refractivity contribution >= 4 is 28.5 Å². The Morgan fingerprint density at radius 3 is 2.56 bits per heavy atom.